The number of ether oxygens (including phenoxy) is 8. The van der Waals surface area contributed by atoms with E-state index in [1.807, 2.05) is 36.4 Å². The predicted molar refractivity (Wildman–Crippen MR) is 175 cm³/mol. The minimum atomic E-state index is -1.63. The van der Waals surface area contributed by atoms with Gasteiger partial charge in [-0.3, -0.25) is 0 Å². The molecule has 1 aliphatic rings. The van der Waals surface area contributed by atoms with Crippen LogP contribution in [-0.2, 0) is 35.0 Å². The van der Waals surface area contributed by atoms with Crippen LogP contribution in [0.4, 0.5) is 0 Å². The van der Waals surface area contributed by atoms with Crippen molar-refractivity contribution in [2.45, 2.75) is 37.1 Å². The Morgan fingerprint density at radius 3 is 2.04 bits per heavy atom. The van der Waals surface area contributed by atoms with Crippen LogP contribution in [0.25, 0.3) is 12.2 Å². The largest absolute Gasteiger partial charge is 0.493 e. The topological polar surface area (TPSA) is 148 Å². The van der Waals surface area contributed by atoms with Crippen molar-refractivity contribution in [3.05, 3.63) is 95.6 Å². The van der Waals surface area contributed by atoms with Crippen LogP contribution in [0.1, 0.15) is 16.7 Å². The van der Waals surface area contributed by atoms with Gasteiger partial charge in [0.05, 0.1) is 35.0 Å². The lowest BCUT2D eigenvalue weighted by atomic mass is 9.99. The summed E-state index contributed by atoms with van der Waals surface area (Å²) in [6.45, 7) is -0.316. The molecule has 0 unspecified atom stereocenters. The lowest BCUT2D eigenvalue weighted by molar-refractivity contribution is -0.303. The lowest BCUT2D eigenvalue weighted by Gasteiger charge is -2.41. The highest BCUT2D eigenvalue weighted by molar-refractivity contribution is 5.88. The average molecular weight is 665 g/mol. The van der Waals surface area contributed by atoms with Crippen LogP contribution in [-0.4, -0.2) is 94.5 Å². The quantitative estimate of drug-likeness (QED) is 0.181. The minimum Gasteiger partial charge on any atom is -0.493 e. The lowest BCUT2D eigenvalue weighted by Crippen LogP contribution is -2.60. The Labute approximate surface area is 279 Å². The third kappa shape index (κ3) is 9.81. The molecule has 0 aromatic heterocycles. The van der Waals surface area contributed by atoms with E-state index in [1.165, 1.54) is 33.5 Å². The minimum absolute atomic E-state index is 0.0920. The molecule has 1 heterocycles. The van der Waals surface area contributed by atoms with Gasteiger partial charge in [0.25, 0.3) is 0 Å². The molecule has 0 bridgehead atoms. The van der Waals surface area contributed by atoms with E-state index < -0.39 is 49.3 Å². The maximum absolute atomic E-state index is 12.9. The monoisotopic (exact) mass is 664 g/mol. The number of carbonyl (C=O) groups excluding carboxylic acids is 2. The van der Waals surface area contributed by atoms with Gasteiger partial charge in [0, 0.05) is 12.2 Å². The summed E-state index contributed by atoms with van der Waals surface area (Å²) in [4.78, 5) is 25.4. The predicted octanol–water partition coefficient (Wildman–Crippen LogP) is 3.61. The average Bonchev–Trinajstić information content (AvgIpc) is 3.12. The van der Waals surface area contributed by atoms with E-state index in [2.05, 4.69) is 0 Å². The van der Waals surface area contributed by atoms with Gasteiger partial charge in [0.2, 0.25) is 0 Å². The highest BCUT2D eigenvalue weighted by atomic mass is 16.7. The molecule has 1 aliphatic heterocycles. The fraction of sp³-hybridized carbons (Fsp3) is 0.333. The Morgan fingerprint density at radius 1 is 0.729 bits per heavy atom. The standard InChI is InChI=1S/C36H40O12/c1-41-26-14-10-24(20-28(26)43-3)13-17-32(38)48-35-30(22-46-31(37)16-12-23-8-6-5-7-9-23)47-36(34(40)33(35)39)45-19-18-25-11-15-27(42-2)29(21-25)44-4/h5-17,20-21,30,33-36,39-40H,18-19,22H2,1-4H3/b16-12+,17-13+/t30-,33-,34-,35-,36-/m1/s1. The number of aliphatic hydroxyl groups is 2. The summed E-state index contributed by atoms with van der Waals surface area (Å²) in [6.07, 6.45) is -1.25. The number of aliphatic hydroxyl groups excluding tert-OH is 2. The van der Waals surface area contributed by atoms with Crippen molar-refractivity contribution < 1.29 is 57.7 Å². The van der Waals surface area contributed by atoms with Gasteiger partial charge in [-0.1, -0.05) is 42.5 Å². The summed E-state index contributed by atoms with van der Waals surface area (Å²) in [5.41, 5.74) is 2.27. The Morgan fingerprint density at radius 2 is 1.35 bits per heavy atom. The summed E-state index contributed by atoms with van der Waals surface area (Å²) in [6, 6.07) is 19.6. The first-order valence-electron chi connectivity index (χ1n) is 15.1. The van der Waals surface area contributed by atoms with Gasteiger partial charge in [-0.05, 0) is 59.5 Å². The van der Waals surface area contributed by atoms with Crippen molar-refractivity contribution >= 4 is 24.1 Å². The van der Waals surface area contributed by atoms with Crippen LogP contribution in [0.5, 0.6) is 23.0 Å². The molecule has 3 aromatic rings. The van der Waals surface area contributed by atoms with Crippen LogP contribution in [0, 0.1) is 0 Å². The molecule has 0 saturated carbocycles. The molecule has 0 radical (unpaired) electrons. The summed E-state index contributed by atoms with van der Waals surface area (Å²) in [5.74, 6) is 0.585. The Bertz CT molecular complexity index is 1550. The van der Waals surface area contributed by atoms with E-state index in [4.69, 9.17) is 37.9 Å². The summed E-state index contributed by atoms with van der Waals surface area (Å²) < 4.78 is 43.8. The van der Waals surface area contributed by atoms with Gasteiger partial charge in [-0.25, -0.2) is 9.59 Å². The molecule has 48 heavy (non-hydrogen) atoms. The number of hydrogen-bond acceptors (Lipinski definition) is 12. The van der Waals surface area contributed by atoms with Crippen molar-refractivity contribution in [1.82, 2.24) is 0 Å². The second kappa shape index (κ2) is 17.9. The summed E-state index contributed by atoms with van der Waals surface area (Å²) in [7, 11) is 6.08. The fourth-order valence-corrected chi connectivity index (χ4v) is 4.89. The van der Waals surface area contributed by atoms with Gasteiger partial charge < -0.3 is 48.1 Å². The highest BCUT2D eigenvalue weighted by Crippen LogP contribution is 2.30. The van der Waals surface area contributed by atoms with E-state index >= 15 is 0 Å². The molecular weight excluding hydrogens is 624 g/mol. The van der Waals surface area contributed by atoms with E-state index in [1.54, 1.807) is 43.5 Å². The maximum atomic E-state index is 12.9. The normalized spacial score (nSPS) is 20.8. The van der Waals surface area contributed by atoms with Crippen LogP contribution >= 0.6 is 0 Å². The van der Waals surface area contributed by atoms with Crippen LogP contribution < -0.4 is 18.9 Å². The fourth-order valence-electron chi connectivity index (χ4n) is 4.89. The number of carbonyl (C=O) groups is 2. The molecule has 5 atom stereocenters. The van der Waals surface area contributed by atoms with Crippen molar-refractivity contribution in [1.29, 1.82) is 0 Å². The van der Waals surface area contributed by atoms with Crippen LogP contribution in [0.3, 0.4) is 0 Å². The first-order valence-corrected chi connectivity index (χ1v) is 15.1. The molecule has 12 heteroatoms. The Kier molecular flexibility index (Phi) is 13.4. The smallest absolute Gasteiger partial charge is 0.331 e. The first kappa shape index (κ1) is 36.0. The molecule has 0 spiro atoms. The Hall–Kier alpha value is -4.88. The molecule has 1 saturated heterocycles. The first-order chi connectivity index (χ1) is 23.3. The Balaban J connectivity index is 1.44. The van der Waals surface area contributed by atoms with Gasteiger partial charge in [0.1, 0.15) is 24.9 Å². The number of methoxy groups -OCH3 is 4. The van der Waals surface area contributed by atoms with Crippen molar-refractivity contribution in [2.24, 2.45) is 0 Å². The summed E-state index contributed by atoms with van der Waals surface area (Å²) in [5, 5.41) is 22.0. The number of benzene rings is 3. The molecule has 0 aliphatic carbocycles. The zero-order valence-electron chi connectivity index (χ0n) is 27.1. The maximum Gasteiger partial charge on any atom is 0.331 e. The number of esters is 2. The third-order valence-corrected chi connectivity index (χ3v) is 7.43. The van der Waals surface area contributed by atoms with Crippen LogP contribution in [0.2, 0.25) is 0 Å². The van der Waals surface area contributed by atoms with Crippen LogP contribution in [0.15, 0.2) is 78.9 Å². The molecule has 12 nitrogen and oxygen atoms in total. The van der Waals surface area contributed by atoms with E-state index in [-0.39, 0.29) is 6.61 Å². The van der Waals surface area contributed by atoms with E-state index in [0.29, 0.717) is 35.0 Å². The molecule has 4 rings (SSSR count). The van der Waals surface area contributed by atoms with Gasteiger partial charge >= 0.3 is 11.9 Å². The second-order valence-electron chi connectivity index (χ2n) is 10.6. The zero-order valence-corrected chi connectivity index (χ0v) is 27.1. The molecule has 0 amide bonds. The third-order valence-electron chi connectivity index (χ3n) is 7.43. The molecule has 256 valence electrons. The number of rotatable bonds is 15. The van der Waals surface area contributed by atoms with Crippen molar-refractivity contribution in [3.63, 3.8) is 0 Å². The van der Waals surface area contributed by atoms with Gasteiger partial charge in [-0.2, -0.15) is 0 Å². The highest BCUT2D eigenvalue weighted by Gasteiger charge is 2.47. The molecular formula is C36H40O12. The van der Waals surface area contributed by atoms with Crippen molar-refractivity contribution in [3.8, 4) is 23.0 Å². The van der Waals surface area contributed by atoms with Gasteiger partial charge in [-0.15, -0.1) is 0 Å². The second-order valence-corrected chi connectivity index (χ2v) is 10.6. The van der Waals surface area contributed by atoms with Gasteiger partial charge in [0.15, 0.2) is 35.4 Å². The van der Waals surface area contributed by atoms with E-state index in [0.717, 1.165) is 17.2 Å². The molecule has 1 fully saturated rings. The molecule has 3 aromatic carbocycles. The molecule has 2 N–H and O–H groups in total. The SMILES string of the molecule is COc1ccc(/C=C/C(=O)O[C@H]2[C@H](O)[C@@H](O)[C@H](OCCc3ccc(OC)c(OC)c3)O[C@@H]2COC(=O)/C=C/c2ccccc2)cc1OC. The van der Waals surface area contributed by atoms with Crippen molar-refractivity contribution in [2.75, 3.05) is 41.7 Å². The number of hydrogen-bond donors (Lipinski definition) is 2. The summed E-state index contributed by atoms with van der Waals surface area (Å²) >= 11 is 0. The zero-order chi connectivity index (χ0) is 34.5. The van der Waals surface area contributed by atoms with E-state index in [9.17, 15) is 19.8 Å².